The fraction of sp³-hybridized carbons (Fsp3) is 0.500. The van der Waals surface area contributed by atoms with Crippen molar-refractivity contribution in [1.82, 2.24) is 14.5 Å². The van der Waals surface area contributed by atoms with E-state index in [1.807, 2.05) is 24.0 Å². The lowest BCUT2D eigenvalue weighted by Crippen LogP contribution is -2.52. The largest absolute Gasteiger partial charge is 0.348 e. The number of hydrogen-bond acceptors (Lipinski definition) is 4. The Hall–Kier alpha value is -1.19. The van der Waals surface area contributed by atoms with Crippen LogP contribution in [0.2, 0.25) is 5.02 Å². The van der Waals surface area contributed by atoms with Crippen molar-refractivity contribution in [3.63, 3.8) is 0 Å². The molecule has 0 saturated carbocycles. The van der Waals surface area contributed by atoms with Crippen LogP contribution in [-0.2, 0) is 15.0 Å². The molecule has 1 atom stereocenters. The molecule has 2 rings (SSSR count). The highest BCUT2D eigenvalue weighted by molar-refractivity contribution is 7.86. The highest BCUT2D eigenvalue weighted by atomic mass is 35.5. The lowest BCUT2D eigenvalue weighted by molar-refractivity contribution is -0.123. The van der Waals surface area contributed by atoms with Gasteiger partial charge in [0.1, 0.15) is 0 Å². The number of nitrogens with one attached hydrogen (secondary N) is 1. The van der Waals surface area contributed by atoms with Crippen LogP contribution in [0.1, 0.15) is 18.5 Å². The molecule has 128 valence electrons. The van der Waals surface area contributed by atoms with Crippen LogP contribution in [-0.4, -0.2) is 56.3 Å². The highest BCUT2D eigenvalue weighted by Gasteiger charge is 2.25. The molecule has 23 heavy (non-hydrogen) atoms. The lowest BCUT2D eigenvalue weighted by Gasteiger charge is -2.32. The number of nitrogens with two attached hydrogens (primary N) is 1. The lowest BCUT2D eigenvalue weighted by atomic mass is 10.1. The molecular weight excluding hydrogens is 340 g/mol. The molecule has 1 saturated heterocycles. The monoisotopic (exact) mass is 360 g/mol. The van der Waals surface area contributed by atoms with Crippen LogP contribution in [0.25, 0.3) is 0 Å². The van der Waals surface area contributed by atoms with Gasteiger partial charge < -0.3 is 5.32 Å². The normalized spacial score (nSPS) is 18.6. The van der Waals surface area contributed by atoms with Gasteiger partial charge in [-0.2, -0.15) is 12.7 Å². The van der Waals surface area contributed by atoms with E-state index in [0.717, 1.165) is 5.56 Å². The van der Waals surface area contributed by atoms with Gasteiger partial charge in [-0.15, -0.1) is 0 Å². The summed E-state index contributed by atoms with van der Waals surface area (Å²) in [6.07, 6.45) is 0. The summed E-state index contributed by atoms with van der Waals surface area (Å²) in [7, 11) is -3.64. The zero-order valence-corrected chi connectivity index (χ0v) is 14.5. The molecule has 1 aliphatic rings. The summed E-state index contributed by atoms with van der Waals surface area (Å²) in [5.74, 6) is -0.100. The van der Waals surface area contributed by atoms with Gasteiger partial charge in [0.2, 0.25) is 5.91 Å². The molecule has 9 heteroatoms. The second-order valence-corrected chi connectivity index (χ2v) is 7.54. The fourth-order valence-electron chi connectivity index (χ4n) is 2.47. The quantitative estimate of drug-likeness (QED) is 0.791. The van der Waals surface area contributed by atoms with Crippen LogP contribution < -0.4 is 10.5 Å². The molecule has 1 aromatic carbocycles. The zero-order valence-electron chi connectivity index (χ0n) is 12.9. The number of rotatable bonds is 5. The van der Waals surface area contributed by atoms with Crippen molar-refractivity contribution in [3.05, 3.63) is 34.9 Å². The third-order valence-electron chi connectivity index (χ3n) is 3.81. The number of hydrogen-bond donors (Lipinski definition) is 2. The summed E-state index contributed by atoms with van der Waals surface area (Å²) in [5.41, 5.74) is 0.974. The Bertz CT molecular complexity index is 642. The van der Waals surface area contributed by atoms with Gasteiger partial charge in [0.15, 0.2) is 0 Å². The maximum Gasteiger partial charge on any atom is 0.276 e. The Balaban J connectivity index is 1.80. The average molecular weight is 361 g/mol. The number of benzene rings is 1. The van der Waals surface area contributed by atoms with Crippen molar-refractivity contribution >= 4 is 27.7 Å². The average Bonchev–Trinajstić information content (AvgIpc) is 2.47. The molecule has 1 aromatic rings. The molecule has 0 bridgehead atoms. The van der Waals surface area contributed by atoms with E-state index in [1.165, 1.54) is 4.31 Å². The molecule has 0 spiro atoms. The summed E-state index contributed by atoms with van der Waals surface area (Å²) in [4.78, 5) is 14.0. The van der Waals surface area contributed by atoms with Gasteiger partial charge in [0.05, 0.1) is 12.6 Å². The van der Waals surface area contributed by atoms with Crippen molar-refractivity contribution in [2.24, 2.45) is 5.14 Å². The molecule has 3 N–H and O–H groups in total. The fourth-order valence-corrected chi connectivity index (χ4v) is 3.27. The van der Waals surface area contributed by atoms with Crippen molar-refractivity contribution in [2.75, 3.05) is 32.7 Å². The van der Waals surface area contributed by atoms with Crippen LogP contribution in [0.3, 0.4) is 0 Å². The number of piperazine rings is 1. The molecule has 0 radical (unpaired) electrons. The summed E-state index contributed by atoms with van der Waals surface area (Å²) < 4.78 is 23.7. The van der Waals surface area contributed by atoms with Gasteiger partial charge in [0, 0.05) is 31.2 Å². The van der Waals surface area contributed by atoms with E-state index in [1.54, 1.807) is 12.1 Å². The first-order valence-electron chi connectivity index (χ1n) is 7.31. The van der Waals surface area contributed by atoms with Crippen molar-refractivity contribution in [2.45, 2.75) is 13.0 Å². The first-order chi connectivity index (χ1) is 10.8. The summed E-state index contributed by atoms with van der Waals surface area (Å²) in [6.45, 7) is 3.71. The first-order valence-corrected chi connectivity index (χ1v) is 9.19. The van der Waals surface area contributed by atoms with Crippen molar-refractivity contribution in [1.29, 1.82) is 0 Å². The standard InChI is InChI=1S/C14H21ClN4O3S/c1-11(12-2-4-13(15)5-3-12)17-14(20)10-18-6-8-19(9-7-18)23(16,21)22/h2-5,11H,6-10H2,1H3,(H,17,20)(H2,16,21,22). The third-order valence-corrected chi connectivity index (χ3v) is 5.14. The van der Waals surface area contributed by atoms with E-state index in [4.69, 9.17) is 16.7 Å². The predicted molar refractivity (Wildman–Crippen MR) is 89.1 cm³/mol. The Morgan fingerprint density at radius 1 is 1.26 bits per heavy atom. The summed E-state index contributed by atoms with van der Waals surface area (Å²) >= 11 is 5.85. The SMILES string of the molecule is CC(NC(=O)CN1CCN(S(N)(=O)=O)CC1)c1ccc(Cl)cc1. The van der Waals surface area contributed by atoms with E-state index < -0.39 is 10.2 Å². The summed E-state index contributed by atoms with van der Waals surface area (Å²) in [5, 5.41) is 8.67. The highest BCUT2D eigenvalue weighted by Crippen LogP contribution is 2.16. The predicted octanol–water partition coefficient (Wildman–Crippen LogP) is 0.338. The summed E-state index contributed by atoms with van der Waals surface area (Å²) in [6, 6.07) is 7.19. The van der Waals surface area contributed by atoms with E-state index in [0.29, 0.717) is 31.2 Å². The van der Waals surface area contributed by atoms with Gasteiger partial charge in [-0.1, -0.05) is 23.7 Å². The van der Waals surface area contributed by atoms with E-state index in [2.05, 4.69) is 5.32 Å². The Kier molecular flexibility index (Phi) is 5.99. The molecule has 1 fully saturated rings. The molecule has 0 aliphatic carbocycles. The Labute approximate surface area is 141 Å². The van der Waals surface area contributed by atoms with Crippen LogP contribution in [0.4, 0.5) is 0 Å². The molecular formula is C14H21ClN4O3S. The maximum absolute atomic E-state index is 12.1. The smallest absolute Gasteiger partial charge is 0.276 e. The van der Waals surface area contributed by atoms with Gasteiger partial charge in [-0.25, -0.2) is 5.14 Å². The molecule has 7 nitrogen and oxygen atoms in total. The van der Waals surface area contributed by atoms with Gasteiger partial charge in [-0.3, -0.25) is 9.69 Å². The second kappa shape index (κ2) is 7.59. The Morgan fingerprint density at radius 3 is 2.35 bits per heavy atom. The van der Waals surface area contributed by atoms with E-state index in [-0.39, 0.29) is 18.5 Å². The number of halogens is 1. The minimum absolute atomic E-state index is 0.100. The molecule has 1 unspecified atom stereocenters. The van der Waals surface area contributed by atoms with Crippen molar-refractivity contribution < 1.29 is 13.2 Å². The zero-order chi connectivity index (χ0) is 17.0. The molecule has 1 heterocycles. The first kappa shape index (κ1) is 18.2. The number of carbonyl (C=O) groups excluding carboxylic acids is 1. The van der Waals surface area contributed by atoms with Gasteiger partial charge >= 0.3 is 0 Å². The van der Waals surface area contributed by atoms with Crippen LogP contribution in [0.5, 0.6) is 0 Å². The number of nitrogens with zero attached hydrogens (tertiary/aromatic N) is 2. The minimum Gasteiger partial charge on any atom is -0.348 e. The number of amides is 1. The number of carbonyl (C=O) groups is 1. The van der Waals surface area contributed by atoms with Crippen LogP contribution >= 0.6 is 11.6 Å². The van der Waals surface area contributed by atoms with Crippen molar-refractivity contribution in [3.8, 4) is 0 Å². The second-order valence-electron chi connectivity index (χ2n) is 5.56. The Morgan fingerprint density at radius 2 is 1.83 bits per heavy atom. The van der Waals surface area contributed by atoms with Crippen LogP contribution in [0.15, 0.2) is 24.3 Å². The molecule has 1 aliphatic heterocycles. The minimum atomic E-state index is -3.64. The van der Waals surface area contributed by atoms with E-state index in [9.17, 15) is 13.2 Å². The maximum atomic E-state index is 12.1. The van der Waals surface area contributed by atoms with E-state index >= 15 is 0 Å². The van der Waals surface area contributed by atoms with Crippen LogP contribution in [0, 0.1) is 0 Å². The third kappa shape index (κ3) is 5.43. The molecule has 0 aromatic heterocycles. The van der Waals surface area contributed by atoms with Gasteiger partial charge in [-0.05, 0) is 24.6 Å². The topological polar surface area (TPSA) is 95.7 Å². The van der Waals surface area contributed by atoms with Gasteiger partial charge in [0.25, 0.3) is 10.2 Å². The molecule has 1 amide bonds.